The Labute approximate surface area is 129 Å². The van der Waals surface area contributed by atoms with Gasteiger partial charge in [-0.2, -0.15) is 0 Å². The van der Waals surface area contributed by atoms with Crippen LogP contribution >= 0.6 is 0 Å². The Morgan fingerprint density at radius 3 is 2.50 bits per heavy atom. The van der Waals surface area contributed by atoms with Gasteiger partial charge in [0.15, 0.2) is 0 Å². The molecule has 0 heterocycles. The Kier molecular flexibility index (Phi) is 4.78. The van der Waals surface area contributed by atoms with Gasteiger partial charge in [0, 0.05) is 16.9 Å². The number of rotatable bonds is 5. The van der Waals surface area contributed by atoms with Crippen LogP contribution in [0.5, 0.6) is 0 Å². The molecule has 0 aliphatic heterocycles. The van der Waals surface area contributed by atoms with E-state index in [-0.39, 0.29) is 5.91 Å². The fraction of sp³-hybridized carbons (Fsp3) is 0.176. The first-order valence-corrected chi connectivity index (χ1v) is 7.00. The minimum atomic E-state index is -0.499. The second kappa shape index (κ2) is 6.76. The lowest BCUT2D eigenvalue weighted by molar-refractivity contribution is -0.116. The fourth-order valence-corrected chi connectivity index (χ4v) is 2.03. The van der Waals surface area contributed by atoms with E-state index in [9.17, 15) is 9.59 Å². The first kappa shape index (κ1) is 15.6. The molecule has 0 bridgehead atoms. The van der Waals surface area contributed by atoms with Crippen LogP contribution in [0.25, 0.3) is 0 Å². The van der Waals surface area contributed by atoms with Crippen LogP contribution in [-0.2, 0) is 4.79 Å². The van der Waals surface area contributed by atoms with Crippen LogP contribution in [0.4, 0.5) is 11.4 Å². The quantitative estimate of drug-likeness (QED) is 0.793. The smallest absolute Gasteiger partial charge is 0.248 e. The lowest BCUT2D eigenvalue weighted by Gasteiger charge is -2.16. The monoisotopic (exact) mass is 297 g/mol. The second-order valence-corrected chi connectivity index (χ2v) is 5.12. The zero-order valence-corrected chi connectivity index (χ0v) is 12.6. The number of carbonyl (C=O) groups excluding carboxylic acids is 2. The highest BCUT2D eigenvalue weighted by Crippen LogP contribution is 2.15. The number of benzene rings is 2. The standard InChI is InChI=1S/C17H19N3O2/c1-11-6-3-4-9-15(11)20-17(22)12(2)19-14-8-5-7-13(10-14)16(18)21/h3-10,12,19H,1-2H3,(H2,18,21)(H,20,22)/t12-/m0/s1. The summed E-state index contributed by atoms with van der Waals surface area (Å²) in [4.78, 5) is 23.4. The number of amides is 2. The Morgan fingerprint density at radius 1 is 1.09 bits per heavy atom. The summed E-state index contributed by atoms with van der Waals surface area (Å²) >= 11 is 0. The molecule has 2 amide bonds. The average Bonchev–Trinajstić information content (AvgIpc) is 2.49. The number of aryl methyl sites for hydroxylation is 1. The Balaban J connectivity index is 2.04. The molecule has 0 fully saturated rings. The molecule has 0 aliphatic carbocycles. The fourth-order valence-electron chi connectivity index (χ4n) is 2.03. The molecule has 0 radical (unpaired) electrons. The Bertz CT molecular complexity index is 698. The van der Waals surface area contributed by atoms with E-state index in [0.29, 0.717) is 11.3 Å². The number of primary amides is 1. The predicted molar refractivity (Wildman–Crippen MR) is 87.9 cm³/mol. The number of anilines is 2. The third kappa shape index (κ3) is 3.85. The first-order valence-electron chi connectivity index (χ1n) is 7.00. The summed E-state index contributed by atoms with van der Waals surface area (Å²) in [7, 11) is 0. The molecule has 0 spiro atoms. The zero-order valence-electron chi connectivity index (χ0n) is 12.6. The van der Waals surface area contributed by atoms with Gasteiger partial charge in [0.2, 0.25) is 11.8 Å². The van der Waals surface area contributed by atoms with Gasteiger partial charge in [-0.25, -0.2) is 0 Å². The number of hydrogen-bond acceptors (Lipinski definition) is 3. The first-order chi connectivity index (χ1) is 10.5. The molecular weight excluding hydrogens is 278 g/mol. The Morgan fingerprint density at radius 2 is 1.82 bits per heavy atom. The number of carbonyl (C=O) groups is 2. The molecule has 5 heteroatoms. The van der Waals surface area contributed by atoms with Gasteiger partial charge >= 0.3 is 0 Å². The van der Waals surface area contributed by atoms with Crippen molar-refractivity contribution >= 4 is 23.2 Å². The lowest BCUT2D eigenvalue weighted by Crippen LogP contribution is -2.32. The van der Waals surface area contributed by atoms with Crippen LogP contribution in [0.2, 0.25) is 0 Å². The summed E-state index contributed by atoms with van der Waals surface area (Å²) in [6.07, 6.45) is 0. The van der Waals surface area contributed by atoms with Crippen molar-refractivity contribution in [1.29, 1.82) is 0 Å². The van der Waals surface area contributed by atoms with Gasteiger partial charge in [0.25, 0.3) is 0 Å². The highest BCUT2D eigenvalue weighted by molar-refractivity contribution is 5.97. The van der Waals surface area contributed by atoms with E-state index in [0.717, 1.165) is 11.3 Å². The summed E-state index contributed by atoms with van der Waals surface area (Å²) in [6.45, 7) is 3.69. The largest absolute Gasteiger partial charge is 0.374 e. The van der Waals surface area contributed by atoms with E-state index < -0.39 is 11.9 Å². The average molecular weight is 297 g/mol. The van der Waals surface area contributed by atoms with E-state index in [1.54, 1.807) is 31.2 Å². The van der Waals surface area contributed by atoms with E-state index in [4.69, 9.17) is 5.73 Å². The molecular formula is C17H19N3O2. The normalized spacial score (nSPS) is 11.5. The van der Waals surface area contributed by atoms with Gasteiger partial charge < -0.3 is 16.4 Å². The van der Waals surface area contributed by atoms with Crippen molar-refractivity contribution in [1.82, 2.24) is 0 Å². The highest BCUT2D eigenvalue weighted by Gasteiger charge is 2.14. The van der Waals surface area contributed by atoms with Crippen molar-refractivity contribution in [2.75, 3.05) is 10.6 Å². The van der Waals surface area contributed by atoms with E-state index in [1.165, 1.54) is 0 Å². The topological polar surface area (TPSA) is 84.2 Å². The number of para-hydroxylation sites is 1. The van der Waals surface area contributed by atoms with Gasteiger partial charge in [0.1, 0.15) is 6.04 Å². The molecule has 114 valence electrons. The zero-order chi connectivity index (χ0) is 16.1. The predicted octanol–water partition coefficient (Wildman–Crippen LogP) is 2.53. The molecule has 0 saturated carbocycles. The Hall–Kier alpha value is -2.82. The van der Waals surface area contributed by atoms with Gasteiger partial charge in [-0.05, 0) is 43.7 Å². The maximum atomic E-state index is 12.2. The summed E-state index contributed by atoms with van der Waals surface area (Å²) in [5, 5.41) is 5.93. The minimum Gasteiger partial charge on any atom is -0.374 e. The van der Waals surface area contributed by atoms with Crippen molar-refractivity contribution in [2.45, 2.75) is 19.9 Å². The van der Waals surface area contributed by atoms with E-state index in [2.05, 4.69) is 10.6 Å². The molecule has 2 aromatic carbocycles. The van der Waals surface area contributed by atoms with Gasteiger partial charge in [-0.1, -0.05) is 24.3 Å². The van der Waals surface area contributed by atoms with Crippen molar-refractivity contribution < 1.29 is 9.59 Å². The van der Waals surface area contributed by atoms with Crippen molar-refractivity contribution in [3.63, 3.8) is 0 Å². The van der Waals surface area contributed by atoms with Gasteiger partial charge in [-0.15, -0.1) is 0 Å². The lowest BCUT2D eigenvalue weighted by atomic mass is 10.1. The summed E-state index contributed by atoms with van der Waals surface area (Å²) in [5.74, 6) is -0.653. The number of nitrogens with two attached hydrogens (primary N) is 1. The van der Waals surface area contributed by atoms with Crippen molar-refractivity contribution in [3.05, 3.63) is 59.7 Å². The van der Waals surface area contributed by atoms with E-state index >= 15 is 0 Å². The van der Waals surface area contributed by atoms with Gasteiger partial charge in [0.05, 0.1) is 0 Å². The van der Waals surface area contributed by atoms with Crippen LogP contribution in [0.1, 0.15) is 22.8 Å². The number of hydrogen-bond donors (Lipinski definition) is 3. The molecule has 0 saturated heterocycles. The molecule has 0 aromatic heterocycles. The van der Waals surface area contributed by atoms with Crippen LogP contribution < -0.4 is 16.4 Å². The molecule has 4 N–H and O–H groups in total. The van der Waals surface area contributed by atoms with Crippen LogP contribution in [0.3, 0.4) is 0 Å². The van der Waals surface area contributed by atoms with Crippen LogP contribution in [-0.4, -0.2) is 17.9 Å². The van der Waals surface area contributed by atoms with E-state index in [1.807, 2.05) is 31.2 Å². The SMILES string of the molecule is Cc1ccccc1NC(=O)[C@H](C)Nc1cccc(C(N)=O)c1. The molecule has 0 aliphatic rings. The minimum absolute atomic E-state index is 0.154. The highest BCUT2D eigenvalue weighted by atomic mass is 16.2. The molecule has 0 unspecified atom stereocenters. The summed E-state index contributed by atoms with van der Waals surface area (Å²) in [6, 6.07) is 13.9. The summed E-state index contributed by atoms with van der Waals surface area (Å²) in [5.41, 5.74) is 8.10. The molecule has 1 atom stereocenters. The molecule has 5 nitrogen and oxygen atoms in total. The maximum Gasteiger partial charge on any atom is 0.248 e. The van der Waals surface area contributed by atoms with Crippen molar-refractivity contribution in [2.24, 2.45) is 5.73 Å². The summed E-state index contributed by atoms with van der Waals surface area (Å²) < 4.78 is 0. The molecule has 2 aromatic rings. The maximum absolute atomic E-state index is 12.2. The number of nitrogens with one attached hydrogen (secondary N) is 2. The van der Waals surface area contributed by atoms with Crippen LogP contribution in [0.15, 0.2) is 48.5 Å². The third-order valence-electron chi connectivity index (χ3n) is 3.33. The molecule has 22 heavy (non-hydrogen) atoms. The third-order valence-corrected chi connectivity index (χ3v) is 3.33. The van der Waals surface area contributed by atoms with Gasteiger partial charge in [-0.3, -0.25) is 9.59 Å². The van der Waals surface area contributed by atoms with Crippen molar-refractivity contribution in [3.8, 4) is 0 Å². The van der Waals surface area contributed by atoms with Crippen LogP contribution in [0, 0.1) is 6.92 Å². The second-order valence-electron chi connectivity index (χ2n) is 5.12. The molecule has 2 rings (SSSR count).